The van der Waals surface area contributed by atoms with Gasteiger partial charge in [-0.2, -0.15) is 13.2 Å². The molecule has 3 fully saturated rings. The molecule has 4 atom stereocenters. The quantitative estimate of drug-likeness (QED) is 0.619. The highest BCUT2D eigenvalue weighted by Gasteiger charge is 2.51. The van der Waals surface area contributed by atoms with Crippen LogP contribution in [0.1, 0.15) is 70.4 Å². The number of likely N-dealkylation sites (tertiary alicyclic amines) is 1. The molecule has 0 aromatic heterocycles. The van der Waals surface area contributed by atoms with Crippen LogP contribution in [-0.2, 0) is 21.3 Å². The Balaban J connectivity index is 1.42. The van der Waals surface area contributed by atoms with E-state index in [2.05, 4.69) is 26.1 Å². The van der Waals surface area contributed by atoms with Crippen molar-refractivity contribution in [1.29, 1.82) is 0 Å². The SMILES string of the molecule is CC1COCCC1NC1CCC(C(=O)N2CCC(O)(c3cccc(C(F)(F)F)c3)CC2)(C(C)C)C1. The Morgan fingerprint density at radius 3 is 2.54 bits per heavy atom. The number of alkyl halides is 3. The van der Waals surface area contributed by atoms with Gasteiger partial charge in [0.1, 0.15) is 0 Å². The van der Waals surface area contributed by atoms with Gasteiger partial charge in [-0.1, -0.05) is 32.9 Å². The van der Waals surface area contributed by atoms with Crippen molar-refractivity contribution >= 4 is 5.91 Å². The summed E-state index contributed by atoms with van der Waals surface area (Å²) >= 11 is 0. The zero-order valence-corrected chi connectivity index (χ0v) is 21.0. The van der Waals surface area contributed by atoms with Gasteiger partial charge in [0.2, 0.25) is 5.91 Å². The molecule has 2 heterocycles. The fourth-order valence-electron chi connectivity index (χ4n) is 6.28. The second kappa shape index (κ2) is 10.0. The predicted molar refractivity (Wildman–Crippen MR) is 128 cm³/mol. The summed E-state index contributed by atoms with van der Waals surface area (Å²) in [6, 6.07) is 5.64. The maximum Gasteiger partial charge on any atom is 0.416 e. The molecule has 1 aliphatic carbocycles. The van der Waals surface area contributed by atoms with Crippen LogP contribution in [0.15, 0.2) is 24.3 Å². The number of halogens is 3. The van der Waals surface area contributed by atoms with Crippen LogP contribution in [0, 0.1) is 17.3 Å². The minimum atomic E-state index is -4.46. The third-order valence-electron chi connectivity index (χ3n) is 8.78. The molecule has 2 saturated heterocycles. The number of rotatable bonds is 5. The summed E-state index contributed by atoms with van der Waals surface area (Å²) in [5.41, 5.74) is -2.29. The monoisotopic (exact) mass is 496 g/mol. The van der Waals surface area contributed by atoms with Crippen molar-refractivity contribution in [2.45, 2.75) is 83.2 Å². The van der Waals surface area contributed by atoms with Gasteiger partial charge in [-0.05, 0) is 68.1 Å². The van der Waals surface area contributed by atoms with E-state index >= 15 is 0 Å². The molecule has 4 unspecified atom stereocenters. The number of carbonyl (C=O) groups is 1. The van der Waals surface area contributed by atoms with Crippen molar-refractivity contribution in [3.05, 3.63) is 35.4 Å². The van der Waals surface area contributed by atoms with Gasteiger partial charge in [0, 0.05) is 31.8 Å². The number of amides is 1. The molecule has 1 aromatic rings. The molecule has 0 bridgehead atoms. The first-order valence-electron chi connectivity index (χ1n) is 13.0. The van der Waals surface area contributed by atoms with E-state index in [-0.39, 0.29) is 30.2 Å². The minimum Gasteiger partial charge on any atom is -0.385 e. The average Bonchev–Trinajstić information content (AvgIpc) is 3.25. The molecule has 5 nitrogen and oxygen atoms in total. The number of aliphatic hydroxyl groups is 1. The Labute approximate surface area is 206 Å². The van der Waals surface area contributed by atoms with Crippen LogP contribution >= 0.6 is 0 Å². The van der Waals surface area contributed by atoms with E-state index in [1.807, 2.05) is 4.90 Å². The number of ether oxygens (including phenoxy) is 1. The standard InChI is InChI=1S/C27H39F3N2O3/c1-18(2)25(9-7-22(16-25)31-23-8-14-35-17-19(23)3)24(33)32-12-10-26(34,11-13-32)20-5-4-6-21(15-20)27(28,29)30/h4-6,15,18-19,22-23,31,34H,7-14,16-17H2,1-3H3. The van der Waals surface area contributed by atoms with Gasteiger partial charge in [0.25, 0.3) is 0 Å². The van der Waals surface area contributed by atoms with Crippen molar-refractivity contribution in [2.24, 2.45) is 17.3 Å². The fourth-order valence-corrected chi connectivity index (χ4v) is 6.28. The van der Waals surface area contributed by atoms with E-state index in [1.165, 1.54) is 6.07 Å². The number of hydrogen-bond donors (Lipinski definition) is 2. The van der Waals surface area contributed by atoms with Crippen molar-refractivity contribution < 1.29 is 27.8 Å². The first-order valence-corrected chi connectivity index (χ1v) is 13.0. The van der Waals surface area contributed by atoms with E-state index in [0.29, 0.717) is 31.1 Å². The highest BCUT2D eigenvalue weighted by molar-refractivity contribution is 5.83. The van der Waals surface area contributed by atoms with Crippen LogP contribution in [-0.4, -0.2) is 54.3 Å². The molecule has 1 saturated carbocycles. The predicted octanol–water partition coefficient (Wildman–Crippen LogP) is 4.72. The van der Waals surface area contributed by atoms with Crippen LogP contribution in [0.5, 0.6) is 0 Å². The molecule has 1 amide bonds. The first kappa shape index (κ1) is 26.4. The minimum absolute atomic E-state index is 0.128. The topological polar surface area (TPSA) is 61.8 Å². The van der Waals surface area contributed by atoms with E-state index in [1.54, 1.807) is 6.07 Å². The Bertz CT molecular complexity index is 898. The van der Waals surface area contributed by atoms with Crippen molar-refractivity contribution in [3.63, 3.8) is 0 Å². The molecule has 0 spiro atoms. The van der Waals surface area contributed by atoms with E-state index in [9.17, 15) is 23.1 Å². The highest BCUT2D eigenvalue weighted by atomic mass is 19.4. The Kier molecular flexibility index (Phi) is 7.56. The second-order valence-corrected chi connectivity index (χ2v) is 11.3. The summed E-state index contributed by atoms with van der Waals surface area (Å²) < 4.78 is 45.1. The van der Waals surface area contributed by atoms with E-state index < -0.39 is 22.8 Å². The van der Waals surface area contributed by atoms with Crippen LogP contribution in [0.4, 0.5) is 13.2 Å². The molecular formula is C27H39F3N2O3. The molecule has 1 aromatic carbocycles. The van der Waals surface area contributed by atoms with E-state index in [4.69, 9.17) is 4.74 Å². The lowest BCUT2D eigenvalue weighted by molar-refractivity contribution is -0.149. The summed E-state index contributed by atoms with van der Waals surface area (Å²) in [5.74, 6) is 0.755. The molecule has 2 N–H and O–H groups in total. The lowest BCUT2D eigenvalue weighted by atomic mass is 9.73. The summed E-state index contributed by atoms with van der Waals surface area (Å²) in [5, 5.41) is 15.0. The third-order valence-corrected chi connectivity index (χ3v) is 8.78. The zero-order valence-electron chi connectivity index (χ0n) is 21.0. The number of piperidine rings is 1. The third kappa shape index (κ3) is 5.39. The number of nitrogens with one attached hydrogen (secondary N) is 1. The molecular weight excluding hydrogens is 457 g/mol. The van der Waals surface area contributed by atoms with Crippen LogP contribution in [0.25, 0.3) is 0 Å². The summed E-state index contributed by atoms with van der Waals surface area (Å²) in [4.78, 5) is 15.7. The highest BCUT2D eigenvalue weighted by Crippen LogP contribution is 2.47. The van der Waals surface area contributed by atoms with Gasteiger partial charge in [0.05, 0.1) is 23.2 Å². The Hall–Kier alpha value is -1.64. The normalized spacial score (nSPS) is 31.7. The lowest BCUT2D eigenvalue weighted by Crippen LogP contribution is -2.52. The number of nitrogens with zero attached hydrogens (tertiary/aromatic N) is 1. The average molecular weight is 497 g/mol. The number of hydrogen-bond acceptors (Lipinski definition) is 4. The molecule has 2 aliphatic heterocycles. The Morgan fingerprint density at radius 2 is 1.91 bits per heavy atom. The summed E-state index contributed by atoms with van der Waals surface area (Å²) in [6.07, 6.45) is -0.432. The van der Waals surface area contributed by atoms with Crippen LogP contribution in [0.3, 0.4) is 0 Å². The first-order chi connectivity index (χ1) is 16.4. The molecule has 35 heavy (non-hydrogen) atoms. The molecule has 0 radical (unpaired) electrons. The maximum absolute atomic E-state index is 13.8. The molecule has 3 aliphatic rings. The Morgan fingerprint density at radius 1 is 1.20 bits per heavy atom. The fraction of sp³-hybridized carbons (Fsp3) is 0.741. The van der Waals surface area contributed by atoms with Crippen LogP contribution in [0.2, 0.25) is 0 Å². The van der Waals surface area contributed by atoms with Crippen molar-refractivity contribution in [3.8, 4) is 0 Å². The summed E-state index contributed by atoms with van der Waals surface area (Å²) in [7, 11) is 0. The van der Waals surface area contributed by atoms with Gasteiger partial charge < -0.3 is 20.1 Å². The van der Waals surface area contributed by atoms with Gasteiger partial charge in [-0.3, -0.25) is 4.79 Å². The maximum atomic E-state index is 13.8. The summed E-state index contributed by atoms with van der Waals surface area (Å²) in [6.45, 7) is 8.64. The second-order valence-electron chi connectivity index (χ2n) is 11.3. The zero-order chi connectivity index (χ0) is 25.4. The van der Waals surface area contributed by atoms with Crippen molar-refractivity contribution in [2.75, 3.05) is 26.3 Å². The molecule has 196 valence electrons. The largest absolute Gasteiger partial charge is 0.416 e. The smallest absolute Gasteiger partial charge is 0.385 e. The van der Waals surface area contributed by atoms with Crippen LogP contribution < -0.4 is 5.32 Å². The van der Waals surface area contributed by atoms with Gasteiger partial charge >= 0.3 is 6.18 Å². The van der Waals surface area contributed by atoms with Gasteiger partial charge in [-0.25, -0.2) is 0 Å². The molecule has 8 heteroatoms. The van der Waals surface area contributed by atoms with Crippen molar-refractivity contribution in [1.82, 2.24) is 10.2 Å². The van der Waals surface area contributed by atoms with Gasteiger partial charge in [0.15, 0.2) is 0 Å². The lowest BCUT2D eigenvalue weighted by Gasteiger charge is -2.43. The molecule has 4 rings (SSSR count). The number of carbonyl (C=O) groups excluding carboxylic acids is 1. The number of benzene rings is 1. The van der Waals surface area contributed by atoms with E-state index in [0.717, 1.165) is 51.0 Å². The van der Waals surface area contributed by atoms with Gasteiger partial charge in [-0.15, -0.1) is 0 Å².